The van der Waals surface area contributed by atoms with Crippen molar-refractivity contribution in [1.29, 1.82) is 0 Å². The lowest BCUT2D eigenvalue weighted by molar-refractivity contribution is -0.145. The highest BCUT2D eigenvalue weighted by atomic mass is 19.1. The summed E-state index contributed by atoms with van der Waals surface area (Å²) in [6.45, 7) is -0.473. The molecule has 0 saturated carbocycles. The number of carbonyl (C=O) groups is 2. The Labute approximate surface area is 115 Å². The Morgan fingerprint density at radius 1 is 1.30 bits per heavy atom. The van der Waals surface area contributed by atoms with Gasteiger partial charge in [0, 0.05) is 7.05 Å². The minimum Gasteiger partial charge on any atom is -0.489 e. The molecule has 0 aliphatic heterocycles. The molecule has 0 bridgehead atoms. The lowest BCUT2D eigenvalue weighted by Gasteiger charge is -2.17. The Balaban J connectivity index is 2.25. The van der Waals surface area contributed by atoms with E-state index < -0.39 is 18.4 Å². The number of likely N-dealkylation sites (N-methyl/N-ethyl adjacent to an activating group) is 1. The Morgan fingerprint density at radius 3 is 2.65 bits per heavy atom. The number of carboxylic acid groups (broad SMARTS) is 1. The minimum atomic E-state index is -1.14. The third-order valence-electron chi connectivity index (χ3n) is 2.40. The van der Waals surface area contributed by atoms with Crippen LogP contribution in [-0.2, 0) is 14.3 Å². The highest BCUT2D eigenvalue weighted by molar-refractivity contribution is 5.77. The van der Waals surface area contributed by atoms with Crippen molar-refractivity contribution >= 4 is 11.9 Å². The lowest BCUT2D eigenvalue weighted by atomic mass is 10.3. The number of hydrogen-bond acceptors (Lipinski definition) is 4. The van der Waals surface area contributed by atoms with E-state index >= 15 is 0 Å². The number of aliphatic carboxylic acids is 1. The Morgan fingerprint density at radius 2 is 2.00 bits per heavy atom. The van der Waals surface area contributed by atoms with Crippen LogP contribution in [0.1, 0.15) is 0 Å². The Hall–Kier alpha value is -2.15. The maximum absolute atomic E-state index is 13.2. The number of carbonyl (C=O) groups excluding carboxylic acids is 1. The first-order valence-corrected chi connectivity index (χ1v) is 5.91. The van der Waals surface area contributed by atoms with Crippen LogP contribution in [0.15, 0.2) is 24.3 Å². The number of ether oxygens (including phenoxy) is 2. The standard InChI is InChI=1S/C13H16FNO5/c1-15(12(16)8-19-9-13(17)18)6-7-20-11-5-3-2-4-10(11)14/h2-5H,6-9H2,1H3,(H,17,18). The van der Waals surface area contributed by atoms with E-state index in [1.807, 2.05) is 0 Å². The number of nitrogens with zero attached hydrogens (tertiary/aromatic N) is 1. The van der Waals surface area contributed by atoms with Gasteiger partial charge in [-0.3, -0.25) is 4.79 Å². The molecule has 1 amide bonds. The molecule has 1 aromatic rings. The first-order chi connectivity index (χ1) is 9.50. The van der Waals surface area contributed by atoms with Crippen molar-refractivity contribution < 1.29 is 28.6 Å². The smallest absolute Gasteiger partial charge is 0.329 e. The average Bonchev–Trinajstić information content (AvgIpc) is 2.40. The molecule has 1 rings (SSSR count). The van der Waals surface area contributed by atoms with E-state index in [0.29, 0.717) is 0 Å². The molecule has 6 nitrogen and oxygen atoms in total. The molecule has 0 atom stereocenters. The SMILES string of the molecule is CN(CCOc1ccccc1F)C(=O)COCC(=O)O. The fraction of sp³-hybridized carbons (Fsp3) is 0.385. The summed E-state index contributed by atoms with van der Waals surface area (Å²) < 4.78 is 23.1. The van der Waals surface area contributed by atoms with Gasteiger partial charge in [-0.1, -0.05) is 12.1 Å². The summed E-state index contributed by atoms with van der Waals surface area (Å²) in [5.74, 6) is -1.85. The summed E-state index contributed by atoms with van der Waals surface area (Å²) in [6.07, 6.45) is 0. The first-order valence-electron chi connectivity index (χ1n) is 5.91. The predicted octanol–water partition coefficient (Wildman–Crippen LogP) is 0.764. The molecular formula is C13H16FNO5. The van der Waals surface area contributed by atoms with Gasteiger partial charge in [-0.2, -0.15) is 0 Å². The molecule has 0 aliphatic carbocycles. The van der Waals surface area contributed by atoms with Crippen molar-refractivity contribution in [3.8, 4) is 5.75 Å². The van der Waals surface area contributed by atoms with Gasteiger partial charge in [-0.05, 0) is 12.1 Å². The van der Waals surface area contributed by atoms with Crippen LogP contribution in [0.2, 0.25) is 0 Å². The monoisotopic (exact) mass is 285 g/mol. The van der Waals surface area contributed by atoms with E-state index in [1.165, 1.54) is 24.1 Å². The Bertz CT molecular complexity index is 466. The fourth-order valence-electron chi connectivity index (χ4n) is 1.31. The molecule has 7 heteroatoms. The quantitative estimate of drug-likeness (QED) is 0.763. The van der Waals surface area contributed by atoms with Gasteiger partial charge >= 0.3 is 5.97 Å². The first kappa shape index (κ1) is 15.9. The highest BCUT2D eigenvalue weighted by Crippen LogP contribution is 2.14. The molecular weight excluding hydrogens is 269 g/mol. The number of hydrogen-bond donors (Lipinski definition) is 1. The van der Waals surface area contributed by atoms with Crippen molar-refractivity contribution in [3.63, 3.8) is 0 Å². The van der Waals surface area contributed by atoms with E-state index in [4.69, 9.17) is 9.84 Å². The van der Waals surface area contributed by atoms with Crippen LogP contribution in [0.5, 0.6) is 5.75 Å². The molecule has 0 heterocycles. The molecule has 0 fully saturated rings. The van der Waals surface area contributed by atoms with Crippen LogP contribution in [0, 0.1) is 5.82 Å². The van der Waals surface area contributed by atoms with Gasteiger partial charge < -0.3 is 19.5 Å². The van der Waals surface area contributed by atoms with Crippen LogP contribution < -0.4 is 4.74 Å². The Kier molecular flexibility index (Phi) is 6.45. The molecule has 0 radical (unpaired) electrons. The van der Waals surface area contributed by atoms with E-state index in [2.05, 4.69) is 4.74 Å². The van der Waals surface area contributed by atoms with Crippen molar-refractivity contribution in [1.82, 2.24) is 4.90 Å². The molecule has 1 N–H and O–H groups in total. The second-order valence-corrected chi connectivity index (χ2v) is 3.98. The summed E-state index contributed by atoms with van der Waals surface area (Å²) in [5, 5.41) is 8.35. The van der Waals surface area contributed by atoms with Gasteiger partial charge in [0.2, 0.25) is 5.91 Å². The molecule has 0 saturated heterocycles. The molecule has 0 aromatic heterocycles. The maximum Gasteiger partial charge on any atom is 0.329 e. The van der Waals surface area contributed by atoms with Crippen molar-refractivity contribution in [2.45, 2.75) is 0 Å². The number of carboxylic acids is 1. The summed E-state index contributed by atoms with van der Waals surface area (Å²) in [6, 6.07) is 5.97. The summed E-state index contributed by atoms with van der Waals surface area (Å²) in [4.78, 5) is 23.0. The van der Waals surface area contributed by atoms with E-state index in [0.717, 1.165) is 0 Å². The number of benzene rings is 1. The molecule has 0 unspecified atom stereocenters. The largest absolute Gasteiger partial charge is 0.489 e. The van der Waals surface area contributed by atoms with E-state index in [9.17, 15) is 14.0 Å². The van der Waals surface area contributed by atoms with Crippen molar-refractivity contribution in [2.24, 2.45) is 0 Å². The van der Waals surface area contributed by atoms with E-state index in [-0.39, 0.29) is 31.4 Å². The zero-order valence-electron chi connectivity index (χ0n) is 11.0. The normalized spacial score (nSPS) is 10.1. The van der Waals surface area contributed by atoms with Crippen LogP contribution in [0.3, 0.4) is 0 Å². The maximum atomic E-state index is 13.2. The van der Waals surface area contributed by atoms with Gasteiger partial charge in [0.05, 0.1) is 6.54 Å². The van der Waals surface area contributed by atoms with Crippen LogP contribution in [-0.4, -0.2) is 55.3 Å². The predicted molar refractivity (Wildman–Crippen MR) is 68.0 cm³/mol. The van der Waals surface area contributed by atoms with Crippen LogP contribution in [0.25, 0.3) is 0 Å². The fourth-order valence-corrected chi connectivity index (χ4v) is 1.31. The second kappa shape index (κ2) is 8.11. The molecule has 110 valence electrons. The number of para-hydroxylation sites is 1. The average molecular weight is 285 g/mol. The molecule has 20 heavy (non-hydrogen) atoms. The van der Waals surface area contributed by atoms with Gasteiger partial charge in [-0.25, -0.2) is 9.18 Å². The van der Waals surface area contributed by atoms with Crippen molar-refractivity contribution in [3.05, 3.63) is 30.1 Å². The second-order valence-electron chi connectivity index (χ2n) is 3.98. The lowest BCUT2D eigenvalue weighted by Crippen LogP contribution is -2.34. The van der Waals surface area contributed by atoms with Gasteiger partial charge in [-0.15, -0.1) is 0 Å². The highest BCUT2D eigenvalue weighted by Gasteiger charge is 2.10. The number of amides is 1. The molecule has 0 aliphatic rings. The molecule has 0 spiro atoms. The zero-order valence-corrected chi connectivity index (χ0v) is 11.0. The number of halogens is 1. The third kappa shape index (κ3) is 5.66. The topological polar surface area (TPSA) is 76.1 Å². The summed E-state index contributed by atoms with van der Waals surface area (Å²) in [5.41, 5.74) is 0. The van der Waals surface area contributed by atoms with Crippen LogP contribution >= 0.6 is 0 Å². The van der Waals surface area contributed by atoms with Gasteiger partial charge in [0.25, 0.3) is 0 Å². The number of rotatable bonds is 8. The van der Waals surface area contributed by atoms with E-state index in [1.54, 1.807) is 12.1 Å². The van der Waals surface area contributed by atoms with Crippen LogP contribution in [0.4, 0.5) is 4.39 Å². The van der Waals surface area contributed by atoms with Crippen molar-refractivity contribution in [2.75, 3.05) is 33.4 Å². The summed E-state index contributed by atoms with van der Waals surface area (Å²) >= 11 is 0. The minimum absolute atomic E-state index is 0.121. The molecule has 1 aromatic carbocycles. The summed E-state index contributed by atoms with van der Waals surface area (Å²) in [7, 11) is 1.52. The third-order valence-corrected chi connectivity index (χ3v) is 2.40. The van der Waals surface area contributed by atoms with Gasteiger partial charge in [0.15, 0.2) is 11.6 Å². The van der Waals surface area contributed by atoms with Gasteiger partial charge in [0.1, 0.15) is 19.8 Å². The zero-order chi connectivity index (χ0) is 15.0.